The van der Waals surface area contributed by atoms with E-state index in [2.05, 4.69) is 25.6 Å². The van der Waals surface area contributed by atoms with Gasteiger partial charge in [-0.2, -0.15) is 0 Å². The van der Waals surface area contributed by atoms with Crippen molar-refractivity contribution in [3.05, 3.63) is 71.9 Å². The molecule has 0 fully saturated rings. The van der Waals surface area contributed by atoms with Gasteiger partial charge >= 0.3 is 0 Å². The Morgan fingerprint density at radius 2 is 1.85 bits per heavy atom. The third-order valence-electron chi connectivity index (χ3n) is 3.89. The van der Waals surface area contributed by atoms with Crippen molar-refractivity contribution < 1.29 is 4.79 Å². The smallest absolute Gasteiger partial charge is 0.274 e. The number of rotatable bonds is 6. The van der Waals surface area contributed by atoms with Crippen LogP contribution in [-0.2, 0) is 6.54 Å². The number of hydrogen-bond acceptors (Lipinski definition) is 6. The van der Waals surface area contributed by atoms with Gasteiger partial charge in [0.2, 0.25) is 0 Å². The Balaban J connectivity index is 1.69. The van der Waals surface area contributed by atoms with Gasteiger partial charge in [-0.3, -0.25) is 9.78 Å². The quantitative estimate of drug-likeness (QED) is 0.701. The second-order valence-corrected chi connectivity index (χ2v) is 6.26. The Hall–Kier alpha value is -3.48. The van der Waals surface area contributed by atoms with Gasteiger partial charge in [0, 0.05) is 37.7 Å². The average molecular weight is 362 g/mol. The van der Waals surface area contributed by atoms with Crippen molar-refractivity contribution in [1.82, 2.24) is 15.0 Å². The van der Waals surface area contributed by atoms with Gasteiger partial charge in [0.15, 0.2) is 0 Å². The largest absolute Gasteiger partial charge is 0.378 e. The van der Waals surface area contributed by atoms with Crippen LogP contribution in [0.3, 0.4) is 0 Å². The van der Waals surface area contributed by atoms with E-state index in [1.54, 1.807) is 19.2 Å². The summed E-state index contributed by atoms with van der Waals surface area (Å²) in [7, 11) is 3.94. The molecule has 0 unspecified atom stereocenters. The van der Waals surface area contributed by atoms with E-state index in [9.17, 15) is 4.79 Å². The van der Waals surface area contributed by atoms with Crippen LogP contribution in [0.5, 0.6) is 0 Å². The SMILES string of the molecule is Cc1nc(NCc2ccccn2)cc(C(=O)Nc2ccc(N(C)C)cc2)n1. The predicted octanol–water partition coefficient (Wildman–Crippen LogP) is 3.11. The molecule has 2 aromatic heterocycles. The normalized spacial score (nSPS) is 10.3. The van der Waals surface area contributed by atoms with Crippen molar-refractivity contribution in [3.8, 4) is 0 Å². The molecule has 0 aliphatic carbocycles. The van der Waals surface area contributed by atoms with Crippen LogP contribution in [0.15, 0.2) is 54.7 Å². The predicted molar refractivity (Wildman–Crippen MR) is 107 cm³/mol. The molecule has 7 heteroatoms. The summed E-state index contributed by atoms with van der Waals surface area (Å²) in [5, 5.41) is 6.05. The van der Waals surface area contributed by atoms with E-state index < -0.39 is 0 Å². The maximum Gasteiger partial charge on any atom is 0.274 e. The second kappa shape index (κ2) is 8.27. The summed E-state index contributed by atoms with van der Waals surface area (Å²) < 4.78 is 0. The zero-order chi connectivity index (χ0) is 19.2. The lowest BCUT2D eigenvalue weighted by atomic mass is 10.2. The number of aromatic nitrogens is 3. The molecule has 2 heterocycles. The summed E-state index contributed by atoms with van der Waals surface area (Å²) >= 11 is 0. The van der Waals surface area contributed by atoms with Gasteiger partial charge in [-0.15, -0.1) is 0 Å². The molecule has 0 saturated heterocycles. The number of amides is 1. The molecule has 27 heavy (non-hydrogen) atoms. The first kappa shape index (κ1) is 18.3. The average Bonchev–Trinajstić information content (AvgIpc) is 2.67. The Kier molecular flexibility index (Phi) is 5.61. The fourth-order valence-corrected chi connectivity index (χ4v) is 2.50. The second-order valence-electron chi connectivity index (χ2n) is 6.26. The van der Waals surface area contributed by atoms with Gasteiger partial charge in [0.1, 0.15) is 17.3 Å². The van der Waals surface area contributed by atoms with Crippen LogP contribution >= 0.6 is 0 Å². The number of nitrogens with one attached hydrogen (secondary N) is 2. The minimum Gasteiger partial charge on any atom is -0.378 e. The topological polar surface area (TPSA) is 83.0 Å². The van der Waals surface area contributed by atoms with Crippen molar-refractivity contribution >= 4 is 23.1 Å². The molecule has 0 atom stereocenters. The highest BCUT2D eigenvalue weighted by Crippen LogP contribution is 2.17. The number of benzene rings is 1. The molecule has 1 amide bonds. The number of pyridine rings is 1. The first-order valence-corrected chi connectivity index (χ1v) is 8.59. The van der Waals surface area contributed by atoms with Crippen molar-refractivity contribution in [2.24, 2.45) is 0 Å². The summed E-state index contributed by atoms with van der Waals surface area (Å²) in [6.45, 7) is 2.28. The Morgan fingerprint density at radius 3 is 2.52 bits per heavy atom. The van der Waals surface area contributed by atoms with Crippen LogP contribution in [0, 0.1) is 6.92 Å². The lowest BCUT2D eigenvalue weighted by Gasteiger charge is -2.13. The van der Waals surface area contributed by atoms with E-state index in [4.69, 9.17) is 0 Å². The summed E-state index contributed by atoms with van der Waals surface area (Å²) in [5.41, 5.74) is 2.97. The fraction of sp³-hybridized carbons (Fsp3) is 0.200. The zero-order valence-electron chi connectivity index (χ0n) is 15.6. The van der Waals surface area contributed by atoms with Crippen LogP contribution in [0.25, 0.3) is 0 Å². The lowest BCUT2D eigenvalue weighted by Crippen LogP contribution is -2.16. The Labute approximate surface area is 158 Å². The van der Waals surface area contributed by atoms with Gasteiger partial charge in [-0.05, 0) is 43.3 Å². The van der Waals surface area contributed by atoms with Gasteiger partial charge in [0.25, 0.3) is 5.91 Å². The van der Waals surface area contributed by atoms with Crippen molar-refractivity contribution in [1.29, 1.82) is 0 Å². The van der Waals surface area contributed by atoms with Gasteiger partial charge < -0.3 is 15.5 Å². The summed E-state index contributed by atoms with van der Waals surface area (Å²) in [6, 6.07) is 15.0. The van der Waals surface area contributed by atoms with E-state index in [-0.39, 0.29) is 5.91 Å². The molecular weight excluding hydrogens is 340 g/mol. The zero-order valence-corrected chi connectivity index (χ0v) is 15.6. The van der Waals surface area contributed by atoms with E-state index >= 15 is 0 Å². The highest BCUT2D eigenvalue weighted by Gasteiger charge is 2.11. The van der Waals surface area contributed by atoms with Crippen molar-refractivity contribution in [2.75, 3.05) is 29.6 Å². The summed E-state index contributed by atoms with van der Waals surface area (Å²) in [4.78, 5) is 27.4. The van der Waals surface area contributed by atoms with Crippen LogP contribution < -0.4 is 15.5 Å². The van der Waals surface area contributed by atoms with E-state index in [0.717, 1.165) is 11.4 Å². The van der Waals surface area contributed by atoms with Gasteiger partial charge in [-0.25, -0.2) is 9.97 Å². The van der Waals surface area contributed by atoms with E-state index in [1.165, 1.54) is 0 Å². The van der Waals surface area contributed by atoms with Crippen LogP contribution in [-0.4, -0.2) is 35.0 Å². The molecule has 138 valence electrons. The molecule has 0 radical (unpaired) electrons. The molecule has 0 aliphatic heterocycles. The van der Waals surface area contributed by atoms with Crippen molar-refractivity contribution in [2.45, 2.75) is 13.5 Å². The molecule has 0 bridgehead atoms. The molecule has 2 N–H and O–H groups in total. The fourth-order valence-electron chi connectivity index (χ4n) is 2.50. The molecular formula is C20H22N6O. The lowest BCUT2D eigenvalue weighted by molar-refractivity contribution is 0.102. The van der Waals surface area contributed by atoms with E-state index in [0.29, 0.717) is 29.6 Å². The monoisotopic (exact) mass is 362 g/mol. The van der Waals surface area contributed by atoms with E-state index in [1.807, 2.05) is 61.5 Å². The van der Waals surface area contributed by atoms with Gasteiger partial charge in [-0.1, -0.05) is 6.07 Å². The van der Waals surface area contributed by atoms with Crippen molar-refractivity contribution in [3.63, 3.8) is 0 Å². The van der Waals surface area contributed by atoms with Crippen LogP contribution in [0.1, 0.15) is 22.0 Å². The van der Waals surface area contributed by atoms with Crippen LogP contribution in [0.4, 0.5) is 17.2 Å². The minimum absolute atomic E-state index is 0.279. The molecule has 0 saturated carbocycles. The minimum atomic E-state index is -0.279. The van der Waals surface area contributed by atoms with Gasteiger partial charge in [0.05, 0.1) is 12.2 Å². The number of aryl methyl sites for hydroxylation is 1. The Morgan fingerprint density at radius 1 is 1.07 bits per heavy atom. The first-order valence-electron chi connectivity index (χ1n) is 8.59. The number of carbonyl (C=O) groups is 1. The first-order chi connectivity index (χ1) is 13.0. The molecule has 0 spiro atoms. The number of carbonyl (C=O) groups excluding carboxylic acids is 1. The Bertz CT molecular complexity index is 910. The highest BCUT2D eigenvalue weighted by molar-refractivity contribution is 6.03. The molecule has 3 aromatic rings. The standard InChI is InChI=1S/C20H22N6O/c1-14-23-18(12-19(24-14)22-13-16-6-4-5-11-21-16)20(27)25-15-7-9-17(10-8-15)26(2)3/h4-12H,13H2,1-3H3,(H,25,27)(H,22,23,24). The third kappa shape index (κ3) is 5.01. The molecule has 7 nitrogen and oxygen atoms in total. The molecule has 0 aliphatic rings. The maximum absolute atomic E-state index is 12.6. The molecule has 3 rings (SSSR count). The third-order valence-corrected chi connectivity index (χ3v) is 3.89. The number of anilines is 3. The highest BCUT2D eigenvalue weighted by atomic mass is 16.1. The summed E-state index contributed by atoms with van der Waals surface area (Å²) in [6.07, 6.45) is 1.74. The van der Waals surface area contributed by atoms with Crippen LogP contribution in [0.2, 0.25) is 0 Å². The number of hydrogen-bond donors (Lipinski definition) is 2. The summed E-state index contributed by atoms with van der Waals surface area (Å²) in [5.74, 6) is 0.828. The maximum atomic E-state index is 12.6. The molecule has 1 aromatic carbocycles. The number of nitrogens with zero attached hydrogens (tertiary/aromatic N) is 4.